The lowest BCUT2D eigenvalue weighted by molar-refractivity contribution is -0.311. The van der Waals surface area contributed by atoms with Crippen molar-refractivity contribution >= 4 is 5.97 Å². The SMILES string of the molecule is C=C1CC[C@@H]2[C@]3(C)COC(c4ccco4)O[C@@H]3CC[C@@]2(C)[C@@H]1CC(O)C1=CCOC1=O. The molecule has 0 bridgehead atoms. The lowest BCUT2D eigenvalue weighted by Crippen LogP contribution is -2.60. The molecule has 2 aliphatic heterocycles. The molecule has 2 saturated carbocycles. The fourth-order valence-corrected chi connectivity index (χ4v) is 6.84. The molecule has 3 heterocycles. The topological polar surface area (TPSA) is 78.1 Å². The fraction of sp³-hybridized carbons (Fsp3) is 0.640. The van der Waals surface area contributed by atoms with E-state index in [1.807, 2.05) is 12.1 Å². The summed E-state index contributed by atoms with van der Waals surface area (Å²) < 4.78 is 23.1. The van der Waals surface area contributed by atoms with E-state index in [0.717, 1.165) is 25.7 Å². The van der Waals surface area contributed by atoms with E-state index >= 15 is 0 Å². The Bertz CT molecular complexity index is 888. The second-order valence-electron chi connectivity index (χ2n) is 10.1. The van der Waals surface area contributed by atoms with Crippen LogP contribution in [0.25, 0.3) is 0 Å². The Morgan fingerprint density at radius 2 is 2.13 bits per heavy atom. The van der Waals surface area contributed by atoms with Crippen LogP contribution < -0.4 is 0 Å². The highest BCUT2D eigenvalue weighted by Crippen LogP contribution is 2.64. The summed E-state index contributed by atoms with van der Waals surface area (Å²) >= 11 is 0. The Balaban J connectivity index is 1.38. The van der Waals surface area contributed by atoms with E-state index in [2.05, 4.69) is 20.4 Å². The maximum Gasteiger partial charge on any atom is 0.336 e. The number of aliphatic hydroxyl groups excluding tert-OH is 1. The third kappa shape index (κ3) is 3.31. The number of fused-ring (bicyclic) bond motifs is 3. The first-order valence-electron chi connectivity index (χ1n) is 11.4. The summed E-state index contributed by atoms with van der Waals surface area (Å²) in [6.45, 7) is 9.87. The number of hydrogen-bond donors (Lipinski definition) is 1. The first kappa shape index (κ1) is 21.0. The van der Waals surface area contributed by atoms with Gasteiger partial charge in [0.1, 0.15) is 6.61 Å². The van der Waals surface area contributed by atoms with Crippen LogP contribution in [0.1, 0.15) is 58.0 Å². The third-order valence-corrected chi connectivity index (χ3v) is 8.50. The van der Waals surface area contributed by atoms with Gasteiger partial charge in [-0.1, -0.05) is 26.0 Å². The molecule has 0 radical (unpaired) electrons. The predicted molar refractivity (Wildman–Crippen MR) is 113 cm³/mol. The zero-order valence-corrected chi connectivity index (χ0v) is 18.3. The van der Waals surface area contributed by atoms with Crippen molar-refractivity contribution in [3.8, 4) is 0 Å². The highest BCUT2D eigenvalue weighted by molar-refractivity contribution is 5.91. The Morgan fingerprint density at radius 3 is 2.84 bits per heavy atom. The van der Waals surface area contributed by atoms with Crippen molar-refractivity contribution in [2.24, 2.45) is 22.7 Å². The third-order valence-electron chi connectivity index (χ3n) is 8.50. The minimum absolute atomic E-state index is 0.0329. The summed E-state index contributed by atoms with van der Waals surface area (Å²) in [5, 5.41) is 10.9. The van der Waals surface area contributed by atoms with Crippen molar-refractivity contribution in [1.82, 2.24) is 0 Å². The zero-order chi connectivity index (χ0) is 21.8. The van der Waals surface area contributed by atoms with Gasteiger partial charge in [-0.2, -0.15) is 0 Å². The highest BCUT2D eigenvalue weighted by Gasteiger charge is 2.60. The van der Waals surface area contributed by atoms with E-state index in [0.29, 0.717) is 30.3 Å². The van der Waals surface area contributed by atoms with E-state index in [1.54, 1.807) is 12.3 Å². The minimum Gasteiger partial charge on any atom is -0.464 e. The number of carbonyl (C=O) groups is 1. The molecule has 4 aliphatic rings. The van der Waals surface area contributed by atoms with Gasteiger partial charge in [0, 0.05) is 5.41 Å². The van der Waals surface area contributed by atoms with Crippen molar-refractivity contribution < 1.29 is 28.5 Å². The quantitative estimate of drug-likeness (QED) is 0.569. The molecule has 168 valence electrons. The van der Waals surface area contributed by atoms with Crippen LogP contribution in [0.4, 0.5) is 0 Å². The van der Waals surface area contributed by atoms with E-state index in [4.69, 9.17) is 18.6 Å². The number of rotatable bonds is 4. The molecule has 1 aromatic heterocycles. The van der Waals surface area contributed by atoms with Crippen LogP contribution in [0.2, 0.25) is 0 Å². The molecule has 0 amide bonds. The largest absolute Gasteiger partial charge is 0.464 e. The highest BCUT2D eigenvalue weighted by atomic mass is 16.7. The first-order valence-corrected chi connectivity index (χ1v) is 11.4. The Morgan fingerprint density at radius 1 is 1.29 bits per heavy atom. The normalized spacial score (nSPS) is 41.2. The van der Waals surface area contributed by atoms with Gasteiger partial charge in [0.15, 0.2) is 5.76 Å². The molecule has 7 atom stereocenters. The van der Waals surface area contributed by atoms with Crippen molar-refractivity contribution in [3.05, 3.63) is 48.0 Å². The molecule has 5 rings (SSSR count). The molecule has 31 heavy (non-hydrogen) atoms. The van der Waals surface area contributed by atoms with E-state index in [9.17, 15) is 9.90 Å². The van der Waals surface area contributed by atoms with E-state index in [-0.39, 0.29) is 29.5 Å². The molecule has 2 unspecified atom stereocenters. The van der Waals surface area contributed by atoms with Crippen LogP contribution in [0.15, 0.2) is 46.6 Å². The van der Waals surface area contributed by atoms with Gasteiger partial charge in [-0.3, -0.25) is 0 Å². The molecule has 1 N–H and O–H groups in total. The average molecular weight is 429 g/mol. The van der Waals surface area contributed by atoms with Gasteiger partial charge < -0.3 is 23.7 Å². The lowest BCUT2D eigenvalue weighted by Gasteiger charge is -2.62. The molecule has 2 aliphatic carbocycles. The first-order chi connectivity index (χ1) is 14.8. The number of hydrogen-bond acceptors (Lipinski definition) is 6. The van der Waals surface area contributed by atoms with Crippen LogP contribution in [-0.2, 0) is 19.0 Å². The summed E-state index contributed by atoms with van der Waals surface area (Å²) in [6.07, 6.45) is 6.55. The maximum atomic E-state index is 12.0. The molecule has 6 heteroatoms. The van der Waals surface area contributed by atoms with Crippen LogP contribution in [0, 0.1) is 22.7 Å². The lowest BCUT2D eigenvalue weighted by atomic mass is 9.45. The van der Waals surface area contributed by atoms with Gasteiger partial charge in [0.05, 0.1) is 30.7 Å². The van der Waals surface area contributed by atoms with Gasteiger partial charge >= 0.3 is 5.97 Å². The van der Waals surface area contributed by atoms with Gasteiger partial charge in [0.25, 0.3) is 0 Å². The monoisotopic (exact) mass is 428 g/mol. The number of ether oxygens (including phenoxy) is 3. The number of esters is 1. The molecule has 0 aromatic carbocycles. The number of furan rings is 1. The number of allylic oxidation sites excluding steroid dienone is 1. The molecular formula is C25H32O6. The number of carbonyl (C=O) groups excluding carboxylic acids is 1. The Labute approximate surface area is 183 Å². The standard InChI is InChI=1S/C25H32O6/c1-15-6-7-20-24(2,17(15)13-18(26)16-9-12-29-22(16)27)10-8-21-25(20,3)14-30-23(31-21)19-5-4-11-28-19/h4-5,9,11,17-18,20-21,23,26H,1,6-8,10,12-14H2,2-3H3/t17-,18?,20+,21-,23?,24+,25+/m1/s1. The summed E-state index contributed by atoms with van der Waals surface area (Å²) in [6, 6.07) is 3.75. The molecule has 1 saturated heterocycles. The maximum absolute atomic E-state index is 12.0. The molecule has 1 aromatic rings. The minimum atomic E-state index is -0.819. The molecule has 0 spiro atoms. The second kappa shape index (κ2) is 7.61. The Hall–Kier alpha value is -1.89. The summed E-state index contributed by atoms with van der Waals surface area (Å²) in [4.78, 5) is 12.0. The van der Waals surface area contributed by atoms with E-state index in [1.165, 1.54) is 5.57 Å². The molecular weight excluding hydrogens is 396 g/mol. The van der Waals surface area contributed by atoms with Gasteiger partial charge in [-0.25, -0.2) is 4.79 Å². The summed E-state index contributed by atoms with van der Waals surface area (Å²) in [5.74, 6) is 0.828. The van der Waals surface area contributed by atoms with Gasteiger partial charge in [-0.15, -0.1) is 0 Å². The average Bonchev–Trinajstić information content (AvgIpc) is 3.42. The predicted octanol–water partition coefficient (Wildman–Crippen LogP) is 4.32. The van der Waals surface area contributed by atoms with Crippen molar-refractivity contribution in [3.63, 3.8) is 0 Å². The number of cyclic esters (lactones) is 1. The van der Waals surface area contributed by atoms with Crippen LogP contribution in [-0.4, -0.2) is 36.5 Å². The van der Waals surface area contributed by atoms with Crippen LogP contribution in [0.3, 0.4) is 0 Å². The molecule has 3 fully saturated rings. The second-order valence-corrected chi connectivity index (χ2v) is 10.1. The molecule has 6 nitrogen and oxygen atoms in total. The fourth-order valence-electron chi connectivity index (χ4n) is 6.84. The summed E-state index contributed by atoms with van der Waals surface area (Å²) in [5.41, 5.74) is 1.42. The van der Waals surface area contributed by atoms with Crippen molar-refractivity contribution in [2.45, 2.75) is 64.4 Å². The van der Waals surface area contributed by atoms with Gasteiger partial charge in [0.2, 0.25) is 6.29 Å². The van der Waals surface area contributed by atoms with E-state index < -0.39 is 18.4 Å². The number of aliphatic hydroxyl groups is 1. The summed E-state index contributed by atoms with van der Waals surface area (Å²) in [7, 11) is 0. The van der Waals surface area contributed by atoms with Crippen molar-refractivity contribution in [1.29, 1.82) is 0 Å². The van der Waals surface area contributed by atoms with Crippen LogP contribution in [0.5, 0.6) is 0 Å². The Kier molecular flexibility index (Phi) is 5.15. The zero-order valence-electron chi connectivity index (χ0n) is 18.3. The van der Waals surface area contributed by atoms with Crippen LogP contribution >= 0.6 is 0 Å². The smallest absolute Gasteiger partial charge is 0.336 e. The van der Waals surface area contributed by atoms with Gasteiger partial charge in [-0.05, 0) is 67.6 Å². The van der Waals surface area contributed by atoms with Crippen molar-refractivity contribution in [2.75, 3.05) is 13.2 Å².